The van der Waals surface area contributed by atoms with Crippen LogP contribution in [0.3, 0.4) is 0 Å². The van der Waals surface area contributed by atoms with Gasteiger partial charge in [-0.25, -0.2) is 0 Å². The summed E-state index contributed by atoms with van der Waals surface area (Å²) >= 11 is 0. The van der Waals surface area contributed by atoms with Gasteiger partial charge in [0.15, 0.2) is 0 Å². The summed E-state index contributed by atoms with van der Waals surface area (Å²) < 4.78 is 5.06. The van der Waals surface area contributed by atoms with Crippen molar-refractivity contribution in [2.24, 2.45) is 0 Å². The van der Waals surface area contributed by atoms with Crippen LogP contribution in [0.15, 0.2) is 72.8 Å². The predicted molar refractivity (Wildman–Crippen MR) is 129 cm³/mol. The summed E-state index contributed by atoms with van der Waals surface area (Å²) in [6, 6.07) is 20.2. The van der Waals surface area contributed by atoms with Crippen molar-refractivity contribution in [1.82, 2.24) is 10.1 Å². The normalized spacial score (nSPS) is 13.4. The molecule has 0 bridgehead atoms. The minimum Gasteiger partial charge on any atom is -0.497 e. The Bertz CT molecular complexity index is 1200. The fourth-order valence-electron chi connectivity index (χ4n) is 3.32. The summed E-state index contributed by atoms with van der Waals surface area (Å²) in [5.41, 5.74) is 2.09. The average molecular weight is 491 g/mol. The molecule has 0 atom stereocenters. The Labute approximate surface area is 208 Å². The molecule has 9 heteroatoms. The van der Waals surface area contributed by atoms with Crippen LogP contribution in [0.2, 0.25) is 0 Å². The molecular formula is C27H26N2O7. The van der Waals surface area contributed by atoms with Crippen molar-refractivity contribution in [3.05, 3.63) is 101 Å². The van der Waals surface area contributed by atoms with E-state index in [1.165, 1.54) is 18.6 Å². The highest BCUT2D eigenvalue weighted by Crippen LogP contribution is 2.23. The van der Waals surface area contributed by atoms with Gasteiger partial charge in [0.1, 0.15) is 12.4 Å². The lowest BCUT2D eigenvalue weighted by Gasteiger charge is -2.13. The average Bonchev–Trinajstić information content (AvgIpc) is 3.28. The number of hydrogen-bond acceptors (Lipinski definition) is 7. The van der Waals surface area contributed by atoms with Crippen molar-refractivity contribution in [3.8, 4) is 5.75 Å². The highest BCUT2D eigenvalue weighted by atomic mass is 16.7. The number of imide groups is 2. The Morgan fingerprint density at radius 1 is 0.667 bits per heavy atom. The molecule has 0 aromatic heterocycles. The van der Waals surface area contributed by atoms with Crippen molar-refractivity contribution in [3.63, 3.8) is 0 Å². The third-order valence-electron chi connectivity index (χ3n) is 5.05. The number of hydroxylamine groups is 4. The van der Waals surface area contributed by atoms with Crippen LogP contribution in [0.1, 0.15) is 67.3 Å². The van der Waals surface area contributed by atoms with Gasteiger partial charge in [-0.1, -0.05) is 56.7 Å². The van der Waals surface area contributed by atoms with Gasteiger partial charge in [0, 0.05) is 0 Å². The van der Waals surface area contributed by atoms with Gasteiger partial charge in [0.05, 0.1) is 29.4 Å². The largest absolute Gasteiger partial charge is 0.497 e. The monoisotopic (exact) mass is 490 g/mol. The molecule has 0 saturated carbocycles. The molecule has 0 unspecified atom stereocenters. The van der Waals surface area contributed by atoms with Crippen LogP contribution in [0.4, 0.5) is 0 Å². The minimum absolute atomic E-state index is 0.130. The summed E-state index contributed by atoms with van der Waals surface area (Å²) in [6.45, 7) is 4.38. The maximum absolute atomic E-state index is 12.1. The first-order chi connectivity index (χ1) is 17.3. The Morgan fingerprint density at radius 3 is 1.44 bits per heavy atom. The molecule has 0 aliphatic carbocycles. The Hall–Kier alpha value is -4.34. The Kier molecular flexibility index (Phi) is 8.66. The molecule has 0 saturated heterocycles. The molecule has 2 aliphatic heterocycles. The summed E-state index contributed by atoms with van der Waals surface area (Å²) in [5, 5.41) is 9.87. The zero-order chi connectivity index (χ0) is 26.2. The van der Waals surface area contributed by atoms with E-state index in [1.807, 2.05) is 12.1 Å². The molecule has 186 valence electrons. The molecule has 4 amide bonds. The van der Waals surface area contributed by atoms with Crippen LogP contribution in [-0.4, -0.2) is 46.1 Å². The zero-order valence-electron chi connectivity index (χ0n) is 20.1. The highest BCUT2D eigenvalue weighted by Gasteiger charge is 2.36. The first-order valence-electron chi connectivity index (χ1n) is 11.2. The number of ether oxygens (including phenoxy) is 1. The number of carbonyl (C=O) groups is 4. The standard InChI is InChI=1S/C16H13NO4.C8H5NO3.C3H8/c1-20-12-8-6-11(7-9-12)10-21-17-15(18)13-4-2-3-5-14(13)16(17)19;10-7-5-3-1-2-4-6(5)8(11)9(7)12;1-3-2/h2-9H,10H2,1H3;1-4,12H;3H2,1-2H3. The van der Waals surface area contributed by atoms with E-state index in [1.54, 1.807) is 55.6 Å². The summed E-state index contributed by atoms with van der Waals surface area (Å²) in [6.07, 6.45) is 1.25. The van der Waals surface area contributed by atoms with Crippen LogP contribution < -0.4 is 4.74 Å². The maximum Gasteiger partial charge on any atom is 0.285 e. The van der Waals surface area contributed by atoms with Gasteiger partial charge < -0.3 is 4.74 Å². The molecular weight excluding hydrogens is 464 g/mol. The van der Waals surface area contributed by atoms with Crippen LogP contribution in [0, 0.1) is 0 Å². The third-order valence-corrected chi connectivity index (χ3v) is 5.05. The molecule has 0 radical (unpaired) electrons. The second-order valence-corrected chi connectivity index (χ2v) is 7.75. The van der Waals surface area contributed by atoms with Crippen LogP contribution in [0.25, 0.3) is 0 Å². The second kappa shape index (κ2) is 11.9. The number of amides is 4. The van der Waals surface area contributed by atoms with Crippen molar-refractivity contribution < 1.29 is 34.0 Å². The molecule has 36 heavy (non-hydrogen) atoms. The van der Waals surface area contributed by atoms with Crippen molar-refractivity contribution in [1.29, 1.82) is 0 Å². The van der Waals surface area contributed by atoms with Gasteiger partial charge in [0.25, 0.3) is 23.6 Å². The third kappa shape index (κ3) is 5.48. The number of methoxy groups -OCH3 is 1. The van der Waals surface area contributed by atoms with Gasteiger partial charge in [-0.3, -0.25) is 29.2 Å². The van der Waals surface area contributed by atoms with E-state index in [9.17, 15) is 19.2 Å². The fraction of sp³-hybridized carbons (Fsp3) is 0.185. The quantitative estimate of drug-likeness (QED) is 0.423. The number of hydrogen-bond donors (Lipinski definition) is 1. The maximum atomic E-state index is 12.1. The highest BCUT2D eigenvalue weighted by molar-refractivity contribution is 6.21. The van der Waals surface area contributed by atoms with Gasteiger partial charge in [-0.05, 0) is 42.0 Å². The molecule has 3 aromatic carbocycles. The number of rotatable bonds is 4. The smallest absolute Gasteiger partial charge is 0.285 e. The molecule has 0 fully saturated rings. The SMILES string of the molecule is CCC.COc1ccc(CON2C(=O)c3ccccc3C2=O)cc1.O=C1c2ccccc2C(=O)N1O. The van der Waals surface area contributed by atoms with E-state index in [2.05, 4.69) is 13.8 Å². The molecule has 3 aromatic rings. The zero-order valence-corrected chi connectivity index (χ0v) is 20.1. The van der Waals surface area contributed by atoms with Gasteiger partial charge in [-0.2, -0.15) is 0 Å². The molecule has 1 N–H and O–H groups in total. The van der Waals surface area contributed by atoms with E-state index in [4.69, 9.17) is 14.8 Å². The van der Waals surface area contributed by atoms with E-state index in [0.29, 0.717) is 11.1 Å². The molecule has 0 spiro atoms. The lowest BCUT2D eigenvalue weighted by molar-refractivity contribution is -0.101. The van der Waals surface area contributed by atoms with Crippen molar-refractivity contribution in [2.75, 3.05) is 7.11 Å². The van der Waals surface area contributed by atoms with Gasteiger partial charge in [0.2, 0.25) is 0 Å². The van der Waals surface area contributed by atoms with E-state index >= 15 is 0 Å². The Balaban J connectivity index is 0.000000203. The first kappa shape index (κ1) is 26.3. The molecule has 9 nitrogen and oxygen atoms in total. The van der Waals surface area contributed by atoms with Crippen molar-refractivity contribution >= 4 is 23.6 Å². The number of fused-ring (bicyclic) bond motifs is 2. The van der Waals surface area contributed by atoms with Crippen LogP contribution in [-0.2, 0) is 11.4 Å². The molecule has 5 rings (SSSR count). The summed E-state index contributed by atoms with van der Waals surface area (Å²) in [5.74, 6) is -1.43. The van der Waals surface area contributed by atoms with Crippen LogP contribution in [0.5, 0.6) is 5.75 Å². The van der Waals surface area contributed by atoms with Gasteiger partial charge >= 0.3 is 0 Å². The summed E-state index contributed by atoms with van der Waals surface area (Å²) in [4.78, 5) is 51.7. The first-order valence-corrected chi connectivity index (χ1v) is 11.2. The lowest BCUT2D eigenvalue weighted by atomic mass is 10.1. The number of benzene rings is 3. The topological polar surface area (TPSA) is 113 Å². The van der Waals surface area contributed by atoms with E-state index in [-0.39, 0.29) is 22.8 Å². The van der Waals surface area contributed by atoms with E-state index < -0.39 is 23.6 Å². The number of carbonyl (C=O) groups excluding carboxylic acids is 4. The molecule has 2 heterocycles. The summed E-state index contributed by atoms with van der Waals surface area (Å²) in [7, 11) is 1.59. The predicted octanol–water partition coefficient (Wildman–Crippen LogP) is 4.51. The number of nitrogens with zero attached hydrogens (tertiary/aromatic N) is 2. The molecule has 2 aliphatic rings. The fourth-order valence-corrected chi connectivity index (χ4v) is 3.32. The van der Waals surface area contributed by atoms with E-state index in [0.717, 1.165) is 16.4 Å². The Morgan fingerprint density at radius 2 is 1.06 bits per heavy atom. The minimum atomic E-state index is -0.657. The van der Waals surface area contributed by atoms with Crippen LogP contribution >= 0.6 is 0 Å². The van der Waals surface area contributed by atoms with Crippen molar-refractivity contribution in [2.45, 2.75) is 26.9 Å². The lowest BCUT2D eigenvalue weighted by Crippen LogP contribution is -2.29. The second-order valence-electron chi connectivity index (χ2n) is 7.75. The van der Waals surface area contributed by atoms with Gasteiger partial charge in [-0.15, -0.1) is 10.1 Å².